The number of benzene rings is 1. The van der Waals surface area contributed by atoms with Crippen molar-refractivity contribution in [2.24, 2.45) is 0 Å². The minimum atomic E-state index is -4.71. The number of hydrogen-bond donors (Lipinski definition) is 1. The minimum Gasteiger partial charge on any atom is -0.335 e. The van der Waals surface area contributed by atoms with E-state index in [1.165, 1.54) is 12.1 Å². The van der Waals surface area contributed by atoms with Crippen LogP contribution in [0.2, 0.25) is 5.02 Å². The first-order chi connectivity index (χ1) is 9.20. The van der Waals surface area contributed by atoms with Crippen LogP contribution >= 0.6 is 39.7 Å². The van der Waals surface area contributed by atoms with Crippen molar-refractivity contribution in [1.82, 2.24) is 9.97 Å². The molecule has 106 valence electrons. The number of hydrogen-bond acceptors (Lipinski definition) is 2. The van der Waals surface area contributed by atoms with Crippen LogP contribution < -0.4 is 0 Å². The minimum absolute atomic E-state index is 0.128. The highest BCUT2D eigenvalue weighted by molar-refractivity contribution is 9.10. The van der Waals surface area contributed by atoms with Gasteiger partial charge in [0.15, 0.2) is 5.82 Å². The van der Waals surface area contributed by atoms with Crippen molar-refractivity contribution in [1.29, 1.82) is 0 Å². The highest BCUT2D eigenvalue weighted by atomic mass is 79.9. The molecule has 1 heterocycles. The maximum Gasteiger partial charge on any atom is 0.449 e. The van der Waals surface area contributed by atoms with Gasteiger partial charge in [0, 0.05) is 10.0 Å². The smallest absolute Gasteiger partial charge is 0.335 e. The number of nitrogens with zero attached hydrogens (tertiary/aromatic N) is 1. The largest absolute Gasteiger partial charge is 0.449 e. The summed E-state index contributed by atoms with van der Waals surface area (Å²) in [5.41, 5.74) is -0.276. The van der Waals surface area contributed by atoms with E-state index in [-0.39, 0.29) is 20.9 Å². The summed E-state index contributed by atoms with van der Waals surface area (Å²) in [5.74, 6) is -2.15. The number of H-pyrrole nitrogens is 1. The van der Waals surface area contributed by atoms with Crippen molar-refractivity contribution >= 4 is 39.7 Å². The molecule has 2 aromatic rings. The fourth-order valence-corrected chi connectivity index (χ4v) is 2.15. The molecule has 0 bridgehead atoms. The van der Waals surface area contributed by atoms with Gasteiger partial charge in [-0.05, 0) is 34.1 Å². The lowest BCUT2D eigenvalue weighted by atomic mass is 10.1. The van der Waals surface area contributed by atoms with Crippen LogP contribution in [-0.4, -0.2) is 9.97 Å². The van der Waals surface area contributed by atoms with Crippen molar-refractivity contribution in [3.63, 3.8) is 0 Å². The molecule has 1 aromatic heterocycles. The van der Waals surface area contributed by atoms with Crippen LogP contribution in [-0.2, 0) is 6.18 Å². The summed E-state index contributed by atoms with van der Waals surface area (Å²) in [7, 11) is 0. The van der Waals surface area contributed by atoms with Gasteiger partial charge < -0.3 is 4.98 Å². The molecule has 2 rings (SSSR count). The molecule has 0 unspecified atom stereocenters. The molecule has 0 atom stereocenters. The van der Waals surface area contributed by atoms with Gasteiger partial charge in [0.05, 0.1) is 10.7 Å². The number of nitrogens with one attached hydrogen (secondary N) is 1. The van der Waals surface area contributed by atoms with Gasteiger partial charge in [-0.25, -0.2) is 9.37 Å². The molecule has 0 aliphatic heterocycles. The van der Waals surface area contributed by atoms with Gasteiger partial charge in [-0.1, -0.05) is 23.8 Å². The predicted octanol–water partition coefficient (Wildman–Crippen LogP) is 5.38. The quantitative estimate of drug-likeness (QED) is 0.404. The summed E-state index contributed by atoms with van der Waals surface area (Å²) in [4.78, 5) is 5.18. The number of halogens is 6. The molecular weight excluding hydrogens is 384 g/mol. The molecular formula is C11H4BrClF4N2S. The zero-order valence-corrected chi connectivity index (χ0v) is 12.5. The highest BCUT2D eigenvalue weighted by Crippen LogP contribution is 2.33. The topological polar surface area (TPSA) is 28.7 Å². The normalized spacial score (nSPS) is 11.7. The summed E-state index contributed by atoms with van der Waals surface area (Å²) in [6.07, 6.45) is -4.71. The number of rotatable bonds is 1. The Hall–Kier alpha value is -0.990. The Kier molecular flexibility index (Phi) is 4.17. The van der Waals surface area contributed by atoms with E-state index < -0.39 is 17.8 Å². The SMILES string of the molecule is Fc1c(-c2cc(=S)nc(C(F)(F)F)[nH]2)ccc(Br)c1Cl. The molecule has 0 aliphatic carbocycles. The van der Waals surface area contributed by atoms with Gasteiger partial charge >= 0.3 is 6.18 Å². The molecule has 0 spiro atoms. The van der Waals surface area contributed by atoms with Crippen molar-refractivity contribution in [3.05, 3.63) is 44.0 Å². The van der Waals surface area contributed by atoms with Gasteiger partial charge in [-0.15, -0.1) is 0 Å². The third kappa shape index (κ3) is 3.02. The van der Waals surface area contributed by atoms with Crippen LogP contribution in [0.3, 0.4) is 0 Å². The standard InChI is InChI=1S/C11H4BrClF4N2S/c12-5-2-1-4(9(14)8(5)13)6-3-7(20)19-10(18-6)11(15,16)17/h1-3H,(H,18,19,20). The Labute approximate surface area is 128 Å². The molecule has 20 heavy (non-hydrogen) atoms. The summed E-state index contributed by atoms with van der Waals surface area (Å²) < 4.78 is 51.9. The molecule has 0 saturated carbocycles. The van der Waals surface area contributed by atoms with Crippen molar-refractivity contribution in [3.8, 4) is 11.3 Å². The summed E-state index contributed by atoms with van der Waals surface area (Å²) >= 11 is 13.4. The zero-order chi connectivity index (χ0) is 15.1. The van der Waals surface area contributed by atoms with Crippen LogP contribution in [0.5, 0.6) is 0 Å². The monoisotopic (exact) mass is 386 g/mol. The fourth-order valence-electron chi connectivity index (χ4n) is 1.47. The average molecular weight is 388 g/mol. The van der Waals surface area contributed by atoms with E-state index in [9.17, 15) is 17.6 Å². The van der Waals surface area contributed by atoms with E-state index in [1.807, 2.05) is 4.98 Å². The third-order valence-electron chi connectivity index (χ3n) is 2.34. The van der Waals surface area contributed by atoms with E-state index in [1.54, 1.807) is 0 Å². The molecule has 0 fully saturated rings. The second-order valence-electron chi connectivity index (χ2n) is 3.70. The second-order valence-corrected chi connectivity index (χ2v) is 5.35. The van der Waals surface area contributed by atoms with E-state index in [4.69, 9.17) is 11.6 Å². The first-order valence-electron chi connectivity index (χ1n) is 5.02. The lowest BCUT2D eigenvalue weighted by Gasteiger charge is -2.10. The molecule has 0 amide bonds. The van der Waals surface area contributed by atoms with Crippen LogP contribution in [0, 0.1) is 10.5 Å². The average Bonchev–Trinajstić information content (AvgIpc) is 2.34. The van der Waals surface area contributed by atoms with Gasteiger partial charge in [-0.3, -0.25) is 0 Å². The lowest BCUT2D eigenvalue weighted by molar-refractivity contribution is -0.145. The van der Waals surface area contributed by atoms with Crippen molar-refractivity contribution in [2.45, 2.75) is 6.18 Å². The summed E-state index contributed by atoms with van der Waals surface area (Å²) in [6, 6.07) is 3.84. The Morgan fingerprint density at radius 2 is 1.95 bits per heavy atom. The van der Waals surface area contributed by atoms with E-state index >= 15 is 0 Å². The Bertz CT molecular complexity index is 729. The first-order valence-corrected chi connectivity index (χ1v) is 6.60. The second kappa shape index (κ2) is 5.42. The number of aromatic nitrogens is 2. The van der Waals surface area contributed by atoms with Crippen LogP contribution in [0.15, 0.2) is 22.7 Å². The molecule has 1 aromatic carbocycles. The Morgan fingerprint density at radius 1 is 1.30 bits per heavy atom. The van der Waals surface area contributed by atoms with Crippen LogP contribution in [0.4, 0.5) is 17.6 Å². The van der Waals surface area contributed by atoms with Crippen LogP contribution in [0.1, 0.15) is 5.82 Å². The zero-order valence-electron chi connectivity index (χ0n) is 9.36. The lowest BCUT2D eigenvalue weighted by Crippen LogP contribution is -2.11. The van der Waals surface area contributed by atoms with E-state index in [0.717, 1.165) is 6.07 Å². The maximum atomic E-state index is 14.0. The van der Waals surface area contributed by atoms with Gasteiger partial charge in [-0.2, -0.15) is 13.2 Å². The molecule has 0 saturated heterocycles. The summed E-state index contributed by atoms with van der Waals surface area (Å²) in [6.45, 7) is 0. The van der Waals surface area contributed by atoms with Gasteiger partial charge in [0.1, 0.15) is 4.64 Å². The molecule has 9 heteroatoms. The molecule has 1 N–H and O–H groups in total. The maximum absolute atomic E-state index is 14.0. The Balaban J connectivity index is 2.68. The number of alkyl halides is 3. The Morgan fingerprint density at radius 3 is 2.55 bits per heavy atom. The fraction of sp³-hybridized carbons (Fsp3) is 0.0909. The number of aromatic amines is 1. The predicted molar refractivity (Wildman–Crippen MR) is 72.5 cm³/mol. The third-order valence-corrected chi connectivity index (χ3v) is 3.80. The molecule has 2 nitrogen and oxygen atoms in total. The summed E-state index contributed by atoms with van der Waals surface area (Å²) in [5, 5.41) is -0.229. The van der Waals surface area contributed by atoms with E-state index in [0.29, 0.717) is 4.47 Å². The van der Waals surface area contributed by atoms with Gasteiger partial charge in [0.2, 0.25) is 5.82 Å². The molecule has 0 radical (unpaired) electrons. The highest BCUT2D eigenvalue weighted by Gasteiger charge is 2.34. The van der Waals surface area contributed by atoms with Gasteiger partial charge in [0.25, 0.3) is 0 Å². The van der Waals surface area contributed by atoms with Crippen LogP contribution in [0.25, 0.3) is 11.3 Å². The molecule has 0 aliphatic rings. The van der Waals surface area contributed by atoms with E-state index in [2.05, 4.69) is 33.1 Å². The first kappa shape index (κ1) is 15.4. The van der Waals surface area contributed by atoms with Crippen molar-refractivity contribution in [2.75, 3.05) is 0 Å². The van der Waals surface area contributed by atoms with Crippen molar-refractivity contribution < 1.29 is 17.6 Å².